The van der Waals surface area contributed by atoms with Gasteiger partial charge in [0.05, 0.1) is 11.6 Å². The minimum Gasteiger partial charge on any atom is -0.371 e. The van der Waals surface area contributed by atoms with Crippen LogP contribution in [0.25, 0.3) is 0 Å². The molecule has 0 amide bonds. The Morgan fingerprint density at radius 2 is 1.89 bits per heavy atom. The van der Waals surface area contributed by atoms with Crippen LogP contribution in [0.5, 0.6) is 0 Å². The van der Waals surface area contributed by atoms with Crippen LogP contribution in [0.15, 0.2) is 24.3 Å². The Morgan fingerprint density at radius 3 is 2.44 bits per heavy atom. The zero-order valence-corrected chi connectivity index (χ0v) is 11.6. The van der Waals surface area contributed by atoms with Gasteiger partial charge in [0.15, 0.2) is 0 Å². The molecule has 1 saturated heterocycles. The maximum absolute atomic E-state index is 8.94. The first kappa shape index (κ1) is 13.0. The van der Waals surface area contributed by atoms with Crippen molar-refractivity contribution < 1.29 is 0 Å². The summed E-state index contributed by atoms with van der Waals surface area (Å²) < 4.78 is 0. The van der Waals surface area contributed by atoms with Crippen LogP contribution in [0.4, 0.5) is 5.69 Å². The van der Waals surface area contributed by atoms with Crippen molar-refractivity contribution >= 4 is 5.69 Å². The smallest absolute Gasteiger partial charge is 0.0992 e. The second-order valence-corrected chi connectivity index (χ2v) is 6.29. The van der Waals surface area contributed by atoms with Crippen LogP contribution < -0.4 is 4.90 Å². The van der Waals surface area contributed by atoms with Gasteiger partial charge in [0, 0.05) is 18.8 Å². The van der Waals surface area contributed by atoms with Gasteiger partial charge in [-0.05, 0) is 42.4 Å². The van der Waals surface area contributed by atoms with E-state index < -0.39 is 0 Å². The second kappa shape index (κ2) is 5.02. The van der Waals surface area contributed by atoms with Gasteiger partial charge in [0.1, 0.15) is 0 Å². The molecule has 1 heterocycles. The van der Waals surface area contributed by atoms with Gasteiger partial charge in [-0.1, -0.05) is 26.8 Å². The Balaban J connectivity index is 2.04. The number of hydrogen-bond donors (Lipinski definition) is 0. The molecule has 0 saturated carbocycles. The van der Waals surface area contributed by atoms with Crippen LogP contribution in [-0.2, 0) is 0 Å². The summed E-state index contributed by atoms with van der Waals surface area (Å²) in [6.45, 7) is 9.23. The minimum absolute atomic E-state index is 0.417. The molecule has 0 aliphatic carbocycles. The summed E-state index contributed by atoms with van der Waals surface area (Å²) in [6, 6.07) is 10.2. The number of benzene rings is 1. The Bertz CT molecular complexity index is 443. The highest BCUT2D eigenvalue weighted by Crippen LogP contribution is 2.35. The zero-order chi connectivity index (χ0) is 13.2. The highest BCUT2D eigenvalue weighted by molar-refractivity contribution is 5.51. The van der Waals surface area contributed by atoms with E-state index in [9.17, 15) is 0 Å². The molecule has 0 spiro atoms. The summed E-state index contributed by atoms with van der Waals surface area (Å²) in [5.74, 6) is 0.813. The molecular formula is C16H22N2. The van der Waals surface area contributed by atoms with E-state index in [0.29, 0.717) is 5.41 Å². The normalized spacial score (nSPS) is 17.6. The van der Waals surface area contributed by atoms with E-state index in [1.807, 2.05) is 18.2 Å². The van der Waals surface area contributed by atoms with Gasteiger partial charge in [0.2, 0.25) is 0 Å². The molecule has 2 rings (SSSR count). The fraction of sp³-hybridized carbons (Fsp3) is 0.562. The van der Waals surface area contributed by atoms with E-state index in [1.54, 1.807) is 0 Å². The van der Waals surface area contributed by atoms with Gasteiger partial charge in [0.25, 0.3) is 0 Å². The van der Waals surface area contributed by atoms with Gasteiger partial charge >= 0.3 is 0 Å². The maximum atomic E-state index is 8.94. The average molecular weight is 242 g/mol. The molecule has 1 aromatic rings. The summed E-state index contributed by atoms with van der Waals surface area (Å²) in [5.41, 5.74) is 2.37. The number of piperidine rings is 1. The molecule has 2 heteroatoms. The third-order valence-corrected chi connectivity index (χ3v) is 4.06. The van der Waals surface area contributed by atoms with E-state index in [-0.39, 0.29) is 0 Å². The molecule has 0 aromatic heterocycles. The summed E-state index contributed by atoms with van der Waals surface area (Å²) >= 11 is 0. The molecule has 0 radical (unpaired) electrons. The minimum atomic E-state index is 0.417. The summed E-state index contributed by atoms with van der Waals surface area (Å²) in [4.78, 5) is 2.41. The Kier molecular flexibility index (Phi) is 3.61. The molecule has 0 bridgehead atoms. The fourth-order valence-electron chi connectivity index (χ4n) is 2.78. The number of nitrogens with zero attached hydrogens (tertiary/aromatic N) is 2. The maximum Gasteiger partial charge on any atom is 0.0992 e. The average Bonchev–Trinajstić information content (AvgIpc) is 2.38. The van der Waals surface area contributed by atoms with E-state index in [0.717, 1.165) is 24.6 Å². The van der Waals surface area contributed by atoms with Crippen LogP contribution in [-0.4, -0.2) is 13.1 Å². The first-order valence-corrected chi connectivity index (χ1v) is 6.76. The molecule has 1 aromatic carbocycles. The van der Waals surface area contributed by atoms with Crippen LogP contribution in [0.2, 0.25) is 0 Å². The molecule has 1 aliphatic rings. The van der Waals surface area contributed by atoms with Crippen molar-refractivity contribution in [3.8, 4) is 6.07 Å². The highest BCUT2D eigenvalue weighted by atomic mass is 15.1. The van der Waals surface area contributed by atoms with Crippen molar-refractivity contribution in [2.45, 2.75) is 33.6 Å². The number of hydrogen-bond acceptors (Lipinski definition) is 2. The molecule has 1 fully saturated rings. The monoisotopic (exact) mass is 242 g/mol. The topological polar surface area (TPSA) is 27.0 Å². The lowest BCUT2D eigenvalue weighted by Crippen LogP contribution is -2.38. The van der Waals surface area contributed by atoms with Gasteiger partial charge in [-0.25, -0.2) is 0 Å². The number of nitriles is 1. The van der Waals surface area contributed by atoms with E-state index >= 15 is 0 Å². The molecule has 18 heavy (non-hydrogen) atoms. The predicted molar refractivity (Wildman–Crippen MR) is 75.5 cm³/mol. The lowest BCUT2D eigenvalue weighted by atomic mass is 9.75. The molecule has 1 aliphatic heterocycles. The largest absolute Gasteiger partial charge is 0.371 e. The second-order valence-electron chi connectivity index (χ2n) is 6.29. The van der Waals surface area contributed by atoms with Crippen LogP contribution in [0.3, 0.4) is 0 Å². The highest BCUT2D eigenvalue weighted by Gasteiger charge is 2.28. The third kappa shape index (κ3) is 2.85. The van der Waals surface area contributed by atoms with Crippen LogP contribution in [0.1, 0.15) is 39.2 Å². The van der Waals surface area contributed by atoms with E-state index in [1.165, 1.54) is 18.5 Å². The van der Waals surface area contributed by atoms with Crippen LogP contribution >= 0.6 is 0 Å². The van der Waals surface area contributed by atoms with Gasteiger partial charge in [-0.3, -0.25) is 0 Å². The number of anilines is 1. The van der Waals surface area contributed by atoms with E-state index in [2.05, 4.69) is 37.8 Å². The van der Waals surface area contributed by atoms with Gasteiger partial charge in [-0.15, -0.1) is 0 Å². The Hall–Kier alpha value is -1.49. The lowest BCUT2D eigenvalue weighted by molar-refractivity contribution is 0.199. The summed E-state index contributed by atoms with van der Waals surface area (Å²) in [7, 11) is 0. The molecule has 0 N–H and O–H groups in total. The van der Waals surface area contributed by atoms with Crippen LogP contribution in [0, 0.1) is 22.7 Å². The van der Waals surface area contributed by atoms with Gasteiger partial charge in [-0.2, -0.15) is 5.26 Å². The molecule has 2 nitrogen and oxygen atoms in total. The summed E-state index contributed by atoms with van der Waals surface area (Å²) in [6.07, 6.45) is 2.50. The van der Waals surface area contributed by atoms with Gasteiger partial charge < -0.3 is 4.90 Å². The zero-order valence-electron chi connectivity index (χ0n) is 11.6. The molecular weight excluding hydrogens is 220 g/mol. The lowest BCUT2D eigenvalue weighted by Gasteiger charge is -2.39. The first-order chi connectivity index (χ1) is 8.50. The number of rotatable bonds is 1. The van der Waals surface area contributed by atoms with Crippen molar-refractivity contribution in [3.63, 3.8) is 0 Å². The predicted octanol–water partition coefficient (Wildman–Crippen LogP) is 3.82. The van der Waals surface area contributed by atoms with E-state index in [4.69, 9.17) is 5.26 Å². The SMILES string of the molecule is CC(C)(C)C1CCN(c2cccc(C#N)c2)CC1. The molecule has 96 valence electrons. The Morgan fingerprint density at radius 1 is 1.22 bits per heavy atom. The third-order valence-electron chi connectivity index (χ3n) is 4.06. The molecule has 0 unspecified atom stereocenters. The fourth-order valence-corrected chi connectivity index (χ4v) is 2.78. The van der Waals surface area contributed by atoms with Crippen molar-refractivity contribution in [1.29, 1.82) is 5.26 Å². The van der Waals surface area contributed by atoms with Crippen molar-refractivity contribution in [2.24, 2.45) is 11.3 Å². The first-order valence-electron chi connectivity index (χ1n) is 6.76. The van der Waals surface area contributed by atoms with Crippen molar-refractivity contribution in [3.05, 3.63) is 29.8 Å². The standard InChI is InChI=1S/C16H22N2/c1-16(2,3)14-7-9-18(10-8-14)15-6-4-5-13(11-15)12-17/h4-6,11,14H,7-10H2,1-3H3. The summed E-state index contributed by atoms with van der Waals surface area (Å²) in [5, 5.41) is 8.94. The van der Waals surface area contributed by atoms with Crippen molar-refractivity contribution in [1.82, 2.24) is 0 Å². The van der Waals surface area contributed by atoms with Crippen molar-refractivity contribution in [2.75, 3.05) is 18.0 Å². The quantitative estimate of drug-likeness (QED) is 0.748. The molecule has 0 atom stereocenters. The Labute approximate surface area is 110 Å².